The lowest BCUT2D eigenvalue weighted by atomic mass is 9.44. The van der Waals surface area contributed by atoms with Crippen molar-refractivity contribution in [1.82, 2.24) is 10.2 Å². The van der Waals surface area contributed by atoms with Crippen LogP contribution in [0.5, 0.6) is 0 Å². The maximum absolute atomic E-state index is 12.3. The van der Waals surface area contributed by atoms with Crippen molar-refractivity contribution in [3.05, 3.63) is 53.7 Å². The summed E-state index contributed by atoms with van der Waals surface area (Å²) in [6.45, 7) is 8.13. The van der Waals surface area contributed by atoms with E-state index in [4.69, 9.17) is 18.9 Å². The molecule has 3 aliphatic heterocycles. The number of hydrogen-bond donors (Lipinski definition) is 1. The zero-order chi connectivity index (χ0) is 25.4. The minimum Gasteiger partial charge on any atom is -0.458 e. The fourth-order valence-electron chi connectivity index (χ4n) is 8.71. The van der Waals surface area contributed by atoms with Gasteiger partial charge in [-0.05, 0) is 67.9 Å². The number of hydrogen-bond acceptors (Lipinski definition) is 6. The molecule has 0 spiro atoms. The minimum absolute atomic E-state index is 0.0783. The zero-order valence-corrected chi connectivity index (χ0v) is 21.9. The van der Waals surface area contributed by atoms with Gasteiger partial charge in [-0.15, -0.1) is 0 Å². The quantitative estimate of drug-likeness (QED) is 0.567. The van der Waals surface area contributed by atoms with Gasteiger partial charge in [-0.25, -0.2) is 4.79 Å². The van der Waals surface area contributed by atoms with Gasteiger partial charge in [0.05, 0.1) is 47.4 Å². The number of aromatic amines is 1. The fourth-order valence-corrected chi connectivity index (χ4v) is 8.71. The van der Waals surface area contributed by atoms with Crippen molar-refractivity contribution in [2.45, 2.75) is 77.0 Å². The van der Waals surface area contributed by atoms with Crippen molar-refractivity contribution in [1.29, 1.82) is 0 Å². The van der Waals surface area contributed by atoms with Gasteiger partial charge in [0.15, 0.2) is 6.29 Å². The Morgan fingerprint density at radius 1 is 1.03 bits per heavy atom. The molecule has 3 unspecified atom stereocenters. The highest BCUT2D eigenvalue weighted by Gasteiger charge is 2.66. The molecule has 4 fully saturated rings. The van der Waals surface area contributed by atoms with Crippen LogP contribution in [0.2, 0.25) is 0 Å². The monoisotopic (exact) mass is 504 g/mol. The lowest BCUT2D eigenvalue weighted by Crippen LogP contribution is -2.63. The third-order valence-corrected chi connectivity index (χ3v) is 10.5. The minimum atomic E-state index is -0.426. The lowest BCUT2D eigenvalue weighted by Gasteiger charge is -2.64. The van der Waals surface area contributed by atoms with Gasteiger partial charge < -0.3 is 18.9 Å². The molecule has 0 radical (unpaired) electrons. The Labute approximate surface area is 217 Å². The molecule has 37 heavy (non-hydrogen) atoms. The average molecular weight is 505 g/mol. The first kappa shape index (κ1) is 23.6. The third kappa shape index (κ3) is 3.43. The summed E-state index contributed by atoms with van der Waals surface area (Å²) in [5.74, 6) is 0.633. The number of rotatable bonds is 3. The Hall–Kier alpha value is -2.48. The number of cyclic esters (lactones) is 1. The van der Waals surface area contributed by atoms with E-state index in [1.165, 1.54) is 0 Å². The molecule has 2 aliphatic carbocycles. The predicted octanol–water partition coefficient (Wildman–Crippen LogP) is 5.35. The van der Waals surface area contributed by atoms with Gasteiger partial charge in [0.25, 0.3) is 0 Å². The molecule has 0 bridgehead atoms. The molecule has 1 aromatic heterocycles. The van der Waals surface area contributed by atoms with E-state index in [1.54, 1.807) is 0 Å². The second kappa shape index (κ2) is 8.26. The topological polar surface area (TPSA) is 82.7 Å². The number of H-pyrrole nitrogens is 1. The molecule has 7 heteroatoms. The number of nitrogens with one attached hydrogen (secondary N) is 1. The molecule has 8 atom stereocenters. The first-order chi connectivity index (χ1) is 17.8. The summed E-state index contributed by atoms with van der Waals surface area (Å²) in [5, 5.41) is 7.47. The van der Waals surface area contributed by atoms with Gasteiger partial charge in [-0.2, -0.15) is 5.10 Å². The molecular formula is C30H36N2O5. The van der Waals surface area contributed by atoms with E-state index in [2.05, 4.69) is 43.1 Å². The molecule has 0 amide bonds. The highest BCUT2D eigenvalue weighted by Crippen LogP contribution is 2.67. The lowest BCUT2D eigenvalue weighted by molar-refractivity contribution is -0.314. The number of aromatic nitrogens is 2. The first-order valence-electron chi connectivity index (χ1n) is 13.7. The van der Waals surface area contributed by atoms with E-state index in [1.807, 2.05) is 30.5 Å². The average Bonchev–Trinajstić information content (AvgIpc) is 3.62. The molecule has 196 valence electrons. The number of carbonyl (C=O) groups excluding carboxylic acids is 1. The Morgan fingerprint density at radius 3 is 2.65 bits per heavy atom. The van der Waals surface area contributed by atoms with E-state index in [9.17, 15) is 4.79 Å². The normalized spacial score (nSPS) is 42.9. The smallest absolute Gasteiger partial charge is 0.336 e. The standard InChI is InChI=1S/C30H36N2O5/c1-28-12-10-24-29(2,17-35-27(36-24)20-16-31-32-25(20)18-7-5-4-6-8-18)22(28)9-13-30(3)23(28)15-21(37-30)19-11-14-34-26(19)33/h4-8,11,16,21-24,27H,9-10,12-15,17H2,1-3H3,(H,31,32)/t21?,22-,23-,24+,27?,28+,29-,30?/m0/s1. The summed E-state index contributed by atoms with van der Waals surface area (Å²) in [4.78, 5) is 12.3. The maximum atomic E-state index is 12.3. The summed E-state index contributed by atoms with van der Waals surface area (Å²) in [6.07, 6.45) is 8.31. The van der Waals surface area contributed by atoms with Crippen LogP contribution in [0.25, 0.3) is 11.3 Å². The number of esters is 1. The van der Waals surface area contributed by atoms with E-state index in [0.29, 0.717) is 25.0 Å². The predicted molar refractivity (Wildman–Crippen MR) is 136 cm³/mol. The van der Waals surface area contributed by atoms with E-state index in [0.717, 1.165) is 54.5 Å². The van der Waals surface area contributed by atoms with Crippen LogP contribution >= 0.6 is 0 Å². The molecule has 1 N–H and O–H groups in total. The molecule has 7 rings (SSSR count). The number of fused-ring (bicyclic) bond motifs is 5. The Morgan fingerprint density at radius 2 is 1.86 bits per heavy atom. The third-order valence-electron chi connectivity index (χ3n) is 10.5. The van der Waals surface area contributed by atoms with Gasteiger partial charge >= 0.3 is 5.97 Å². The van der Waals surface area contributed by atoms with Crippen LogP contribution in [-0.2, 0) is 23.7 Å². The van der Waals surface area contributed by atoms with Crippen LogP contribution in [0.3, 0.4) is 0 Å². The molecule has 2 aromatic rings. The van der Waals surface area contributed by atoms with Crippen LogP contribution in [0, 0.1) is 22.7 Å². The molecule has 5 aliphatic rings. The molecule has 4 heterocycles. The number of carbonyl (C=O) groups is 1. The molecule has 1 aromatic carbocycles. The highest BCUT2D eigenvalue weighted by atomic mass is 16.7. The van der Waals surface area contributed by atoms with Crippen molar-refractivity contribution in [2.24, 2.45) is 22.7 Å². The van der Waals surface area contributed by atoms with Crippen molar-refractivity contribution in [3.8, 4) is 11.3 Å². The molecular weight excluding hydrogens is 468 g/mol. The SMILES string of the molecule is CC12CC[C@@H]3[C@]4(C)COC(c5cn[nH]c5-c5ccccc5)O[C@@H]4CC[C@@]3(C)[C@@H]1CC(C1=CCOC1=O)O2. The van der Waals surface area contributed by atoms with E-state index in [-0.39, 0.29) is 34.6 Å². The van der Waals surface area contributed by atoms with Gasteiger partial charge in [-0.1, -0.05) is 44.2 Å². The van der Waals surface area contributed by atoms with Crippen molar-refractivity contribution < 1.29 is 23.7 Å². The Kier molecular flexibility index (Phi) is 5.27. The van der Waals surface area contributed by atoms with Crippen molar-refractivity contribution in [3.63, 3.8) is 0 Å². The first-order valence-corrected chi connectivity index (χ1v) is 13.7. The second-order valence-corrected chi connectivity index (χ2v) is 12.4. The number of benzene rings is 1. The largest absolute Gasteiger partial charge is 0.458 e. The summed E-state index contributed by atoms with van der Waals surface area (Å²) in [6, 6.07) is 10.2. The van der Waals surface area contributed by atoms with Gasteiger partial charge in [-0.3, -0.25) is 5.10 Å². The Bertz CT molecular complexity index is 1240. The summed E-state index contributed by atoms with van der Waals surface area (Å²) in [7, 11) is 0. The van der Waals surface area contributed by atoms with Crippen LogP contribution in [-0.4, -0.2) is 47.2 Å². The summed E-state index contributed by atoms with van der Waals surface area (Å²) >= 11 is 0. The molecule has 2 saturated carbocycles. The molecule has 7 nitrogen and oxygen atoms in total. The van der Waals surface area contributed by atoms with Crippen molar-refractivity contribution >= 4 is 5.97 Å². The maximum Gasteiger partial charge on any atom is 0.336 e. The van der Waals surface area contributed by atoms with Crippen LogP contribution in [0.1, 0.15) is 64.7 Å². The van der Waals surface area contributed by atoms with Crippen LogP contribution in [0.4, 0.5) is 0 Å². The van der Waals surface area contributed by atoms with E-state index >= 15 is 0 Å². The molecule has 2 saturated heterocycles. The highest BCUT2D eigenvalue weighted by molar-refractivity contribution is 5.91. The fraction of sp³-hybridized carbons (Fsp3) is 0.600. The van der Waals surface area contributed by atoms with Gasteiger partial charge in [0.2, 0.25) is 0 Å². The van der Waals surface area contributed by atoms with Gasteiger partial charge in [0.1, 0.15) is 6.61 Å². The summed E-state index contributed by atoms with van der Waals surface area (Å²) < 4.78 is 25.2. The second-order valence-electron chi connectivity index (χ2n) is 12.4. The van der Waals surface area contributed by atoms with E-state index < -0.39 is 6.29 Å². The van der Waals surface area contributed by atoms with Gasteiger partial charge in [0, 0.05) is 5.41 Å². The number of nitrogens with zero attached hydrogens (tertiary/aromatic N) is 1. The van der Waals surface area contributed by atoms with Crippen molar-refractivity contribution in [2.75, 3.05) is 13.2 Å². The van der Waals surface area contributed by atoms with Crippen LogP contribution in [0.15, 0.2) is 48.2 Å². The number of ether oxygens (including phenoxy) is 4. The zero-order valence-electron chi connectivity index (χ0n) is 21.9. The van der Waals surface area contributed by atoms with Crippen LogP contribution < -0.4 is 0 Å². The summed E-state index contributed by atoms with van der Waals surface area (Å²) in [5.41, 5.74) is 3.51. The Balaban J connectivity index is 1.14.